The van der Waals surface area contributed by atoms with Gasteiger partial charge in [-0.15, -0.1) is 0 Å². The summed E-state index contributed by atoms with van der Waals surface area (Å²) in [4.78, 5) is 38.2. The predicted octanol–water partition coefficient (Wildman–Crippen LogP) is 17.0. The second-order valence-corrected chi connectivity index (χ2v) is 20.7. The Morgan fingerprint density at radius 1 is 0.284 bits per heavy atom. The first-order valence-electron chi connectivity index (χ1n) is 29.9. The molecule has 0 atom stereocenters. The number of carbonyl (C=O) groups excluding carboxylic acids is 3. The summed E-state index contributed by atoms with van der Waals surface area (Å²) in [6, 6.07) is 0. The van der Waals surface area contributed by atoms with E-state index in [0.717, 1.165) is 57.8 Å². The Morgan fingerprint density at radius 3 is 0.642 bits per heavy atom. The summed E-state index contributed by atoms with van der Waals surface area (Å²) < 4.78 is 17.5. The van der Waals surface area contributed by atoms with Crippen LogP contribution in [0.1, 0.15) is 310 Å². The third-order valence-electron chi connectivity index (χ3n) is 14.3. The minimum atomic E-state index is -0.180. The minimum absolute atomic E-state index is 0.0625. The zero-order valence-electron chi connectivity index (χ0n) is 45.3. The lowest BCUT2D eigenvalue weighted by Gasteiger charge is -2.37. The molecule has 0 heterocycles. The van der Waals surface area contributed by atoms with E-state index in [2.05, 4.69) is 20.8 Å². The van der Waals surface area contributed by atoms with Crippen LogP contribution >= 0.6 is 0 Å². The van der Waals surface area contributed by atoms with Gasteiger partial charge in [-0.05, 0) is 19.3 Å². The topological polar surface area (TPSA) is 99.1 Å². The summed E-state index contributed by atoms with van der Waals surface area (Å²) in [7, 11) is 0. The van der Waals surface area contributed by atoms with Gasteiger partial charge in [0.2, 0.25) is 0 Å². The summed E-state index contributed by atoms with van der Waals surface area (Å²) in [5.74, 6) is -0.541. The molecule has 0 aliphatic rings. The van der Waals surface area contributed by atoms with E-state index < -0.39 is 0 Å². The van der Waals surface area contributed by atoms with E-state index in [4.69, 9.17) is 14.2 Å². The van der Waals surface area contributed by atoms with Crippen molar-refractivity contribution in [1.82, 2.24) is 0 Å². The van der Waals surface area contributed by atoms with Crippen LogP contribution in [0.3, 0.4) is 0 Å². The van der Waals surface area contributed by atoms with Gasteiger partial charge in [0.15, 0.2) is 0 Å². The molecular weight excluding hydrogens is 835 g/mol. The van der Waals surface area contributed by atoms with Gasteiger partial charge >= 0.3 is 17.9 Å². The van der Waals surface area contributed by atoms with Gasteiger partial charge in [0, 0.05) is 19.3 Å². The Balaban J connectivity index is 4.61. The number of hydrogen-bond donors (Lipinski definition) is 1. The summed E-state index contributed by atoms with van der Waals surface area (Å²) >= 11 is 0. The van der Waals surface area contributed by atoms with Crippen LogP contribution in [0.4, 0.5) is 0 Å². The lowest BCUT2D eigenvalue weighted by atomic mass is 10.0. The number of hydrogen-bond acceptors (Lipinski definition) is 7. The Kier molecular flexibility index (Phi) is 52.3. The number of quaternary nitrogens is 1. The van der Waals surface area contributed by atoms with Gasteiger partial charge in [-0.3, -0.25) is 14.4 Å². The predicted molar refractivity (Wildman–Crippen MR) is 284 cm³/mol. The Morgan fingerprint density at radius 2 is 0.463 bits per heavy atom. The van der Waals surface area contributed by atoms with Crippen molar-refractivity contribution in [2.45, 2.75) is 310 Å². The van der Waals surface area contributed by atoms with Gasteiger partial charge in [-0.1, -0.05) is 271 Å². The number of aliphatic hydroxyl groups is 1. The molecule has 0 saturated heterocycles. The molecule has 0 spiro atoms. The molecule has 0 aliphatic carbocycles. The van der Waals surface area contributed by atoms with Gasteiger partial charge in [0.1, 0.15) is 46.0 Å². The van der Waals surface area contributed by atoms with Crippen molar-refractivity contribution in [2.24, 2.45) is 0 Å². The van der Waals surface area contributed by atoms with Crippen LogP contribution in [-0.4, -0.2) is 80.1 Å². The number of unbranched alkanes of at least 4 members (excludes halogenated alkanes) is 39. The Hall–Kier alpha value is -1.67. The van der Waals surface area contributed by atoms with Crippen LogP contribution in [0.25, 0.3) is 0 Å². The molecule has 0 aromatic heterocycles. The molecule has 398 valence electrons. The largest absolute Gasteiger partial charge is 0.460 e. The highest BCUT2D eigenvalue weighted by atomic mass is 16.5. The van der Waals surface area contributed by atoms with Crippen LogP contribution in [0.15, 0.2) is 0 Å². The molecule has 8 heteroatoms. The van der Waals surface area contributed by atoms with Gasteiger partial charge in [-0.2, -0.15) is 0 Å². The SMILES string of the molecule is CCCCCCCCCCCCCCCCC(=O)OCC[N+](CCO)(CCOC(=O)CCCCCCCCCCCCCCCC)CCOC(=O)CCCCCCCCCCCCCCCC. The number of esters is 3. The van der Waals surface area contributed by atoms with Crippen LogP contribution in [0.2, 0.25) is 0 Å². The number of aliphatic hydroxyl groups excluding tert-OH is 1. The van der Waals surface area contributed by atoms with Gasteiger partial charge < -0.3 is 23.8 Å². The Labute approximate surface area is 416 Å². The number of nitrogens with zero attached hydrogens (tertiary/aromatic N) is 1. The molecule has 0 unspecified atom stereocenters. The molecule has 0 saturated carbocycles. The Bertz CT molecular complexity index is 916. The summed E-state index contributed by atoms with van der Waals surface area (Å²) in [5, 5.41) is 10.2. The van der Waals surface area contributed by atoms with Crippen LogP contribution in [-0.2, 0) is 28.6 Å². The quantitative estimate of drug-likeness (QED) is 0.0281. The molecule has 0 bridgehead atoms. The van der Waals surface area contributed by atoms with E-state index in [9.17, 15) is 19.5 Å². The van der Waals surface area contributed by atoms with Crippen molar-refractivity contribution < 1.29 is 38.2 Å². The third-order valence-corrected chi connectivity index (χ3v) is 14.3. The molecule has 0 fully saturated rings. The third kappa shape index (κ3) is 49.1. The lowest BCUT2D eigenvalue weighted by Crippen LogP contribution is -2.55. The van der Waals surface area contributed by atoms with Gasteiger partial charge in [-0.25, -0.2) is 0 Å². The van der Waals surface area contributed by atoms with Crippen molar-refractivity contribution in [2.75, 3.05) is 52.6 Å². The zero-order chi connectivity index (χ0) is 48.8. The van der Waals surface area contributed by atoms with E-state index >= 15 is 0 Å². The molecule has 0 aliphatic heterocycles. The van der Waals surface area contributed by atoms with E-state index in [1.807, 2.05) is 0 Å². The smallest absolute Gasteiger partial charge is 0.305 e. The normalized spacial score (nSPS) is 11.6. The van der Waals surface area contributed by atoms with Crippen molar-refractivity contribution in [3.63, 3.8) is 0 Å². The molecule has 0 rings (SSSR count). The highest BCUT2D eigenvalue weighted by Crippen LogP contribution is 2.17. The van der Waals surface area contributed by atoms with Crippen LogP contribution in [0, 0.1) is 0 Å². The standard InChI is InChI=1S/C59H116NO7/c1-4-7-10-13-16-19-22-25-28-31-34-37-40-43-46-57(62)65-54-50-60(49-53-61,51-55-66-58(63)47-44-41-38-35-32-29-26-23-20-17-14-11-8-5-2)52-56-67-59(64)48-45-42-39-36-33-30-27-24-21-18-15-12-9-6-3/h61H,4-56H2,1-3H3/q+1. The van der Waals surface area contributed by atoms with E-state index in [0.29, 0.717) is 49.9 Å². The van der Waals surface area contributed by atoms with E-state index in [1.54, 1.807) is 0 Å². The maximum absolute atomic E-state index is 12.7. The summed E-state index contributed by atoms with van der Waals surface area (Å²) in [5.41, 5.74) is 0. The fraction of sp³-hybridized carbons (Fsp3) is 0.949. The maximum atomic E-state index is 12.7. The number of carbonyl (C=O) groups is 3. The van der Waals surface area contributed by atoms with Crippen molar-refractivity contribution >= 4 is 17.9 Å². The molecule has 0 aromatic rings. The molecule has 8 nitrogen and oxygen atoms in total. The molecule has 0 radical (unpaired) electrons. The maximum Gasteiger partial charge on any atom is 0.305 e. The highest BCUT2D eigenvalue weighted by Gasteiger charge is 2.28. The van der Waals surface area contributed by atoms with Crippen molar-refractivity contribution in [1.29, 1.82) is 0 Å². The first kappa shape index (κ1) is 65.3. The van der Waals surface area contributed by atoms with E-state index in [-0.39, 0.29) is 44.3 Å². The van der Waals surface area contributed by atoms with Crippen LogP contribution < -0.4 is 0 Å². The fourth-order valence-corrected chi connectivity index (χ4v) is 9.55. The first-order chi connectivity index (χ1) is 32.9. The molecule has 0 aromatic carbocycles. The van der Waals surface area contributed by atoms with Crippen molar-refractivity contribution in [3.8, 4) is 0 Å². The van der Waals surface area contributed by atoms with Gasteiger partial charge in [0.25, 0.3) is 0 Å². The van der Waals surface area contributed by atoms with Crippen LogP contribution in [0.5, 0.6) is 0 Å². The summed E-state index contributed by atoms with van der Waals surface area (Å²) in [6.45, 7) is 9.23. The zero-order valence-corrected chi connectivity index (χ0v) is 45.3. The molecule has 1 N–H and O–H groups in total. The molecular formula is C59H116NO7+. The highest BCUT2D eigenvalue weighted by molar-refractivity contribution is 5.69. The minimum Gasteiger partial charge on any atom is -0.460 e. The number of ether oxygens (including phenoxy) is 3. The monoisotopic (exact) mass is 951 g/mol. The summed E-state index contributed by atoms with van der Waals surface area (Å²) in [6.07, 6.45) is 54.9. The second kappa shape index (κ2) is 53.7. The van der Waals surface area contributed by atoms with Gasteiger partial charge in [0.05, 0.1) is 6.61 Å². The average molecular weight is 952 g/mol. The lowest BCUT2D eigenvalue weighted by molar-refractivity contribution is -0.928. The number of rotatable bonds is 56. The first-order valence-corrected chi connectivity index (χ1v) is 29.9. The average Bonchev–Trinajstić information content (AvgIpc) is 3.32. The molecule has 0 amide bonds. The van der Waals surface area contributed by atoms with E-state index in [1.165, 1.54) is 212 Å². The second-order valence-electron chi connectivity index (χ2n) is 20.7. The fourth-order valence-electron chi connectivity index (χ4n) is 9.55. The molecule has 67 heavy (non-hydrogen) atoms. The van der Waals surface area contributed by atoms with Crippen molar-refractivity contribution in [3.05, 3.63) is 0 Å².